The Bertz CT molecular complexity index is 677. The Balaban J connectivity index is 1.87. The van der Waals surface area contributed by atoms with Gasteiger partial charge in [0, 0.05) is 18.4 Å². The first-order chi connectivity index (χ1) is 12.6. The Hall–Kier alpha value is -1.93. The number of morpholine rings is 1. The monoisotopic (exact) mass is 385 g/mol. The van der Waals surface area contributed by atoms with E-state index < -0.39 is 36.0 Å². The predicted molar refractivity (Wildman–Crippen MR) is 92.7 cm³/mol. The number of aliphatic hydroxyl groups is 1. The van der Waals surface area contributed by atoms with Crippen LogP contribution in [-0.2, 0) is 15.1 Å². The number of para-hydroxylation sites is 1. The number of nitrogens with zero attached hydrogens (tertiary/aromatic N) is 1. The maximum Gasteiger partial charge on any atom is 0.410 e. The number of carbonyl (C=O) groups excluding carboxylic acids is 1. The van der Waals surface area contributed by atoms with Crippen molar-refractivity contribution >= 4 is 6.09 Å². The van der Waals surface area contributed by atoms with Crippen LogP contribution in [0.1, 0.15) is 39.2 Å². The number of rotatable bonds is 3. The molecule has 0 aromatic heterocycles. The van der Waals surface area contributed by atoms with Gasteiger partial charge in [-0.3, -0.25) is 4.90 Å². The minimum Gasteiger partial charge on any atom is -0.444 e. The lowest BCUT2D eigenvalue weighted by Gasteiger charge is -2.51. The summed E-state index contributed by atoms with van der Waals surface area (Å²) < 4.78 is 41.2. The lowest BCUT2D eigenvalue weighted by atomic mass is 9.76. The molecule has 2 fully saturated rings. The highest BCUT2D eigenvalue weighted by Crippen LogP contribution is 2.44. The van der Waals surface area contributed by atoms with E-state index >= 15 is 0 Å². The van der Waals surface area contributed by atoms with E-state index in [-0.39, 0.29) is 31.8 Å². The molecule has 1 aromatic carbocycles. The highest BCUT2D eigenvalue weighted by atomic mass is 19.3. The fourth-order valence-electron chi connectivity index (χ4n) is 3.86. The van der Waals surface area contributed by atoms with Crippen LogP contribution < -0.4 is 4.74 Å². The predicted octanol–water partition coefficient (Wildman–Crippen LogP) is 3.27. The molecule has 1 N–H and O–H groups in total. The van der Waals surface area contributed by atoms with Gasteiger partial charge in [0.2, 0.25) is 0 Å². The van der Waals surface area contributed by atoms with Crippen molar-refractivity contribution in [3.8, 4) is 5.75 Å². The van der Waals surface area contributed by atoms with Crippen molar-refractivity contribution in [1.82, 2.24) is 4.90 Å². The van der Waals surface area contributed by atoms with Gasteiger partial charge in [-0.15, -0.1) is 0 Å². The minimum absolute atomic E-state index is 0.0558. The molecule has 0 saturated carbocycles. The molecule has 2 unspecified atom stereocenters. The number of fused-ring (bicyclic) bond motifs is 2. The van der Waals surface area contributed by atoms with E-state index in [1.54, 1.807) is 43.9 Å². The van der Waals surface area contributed by atoms with Crippen molar-refractivity contribution in [3.05, 3.63) is 29.8 Å². The van der Waals surface area contributed by atoms with Crippen LogP contribution >= 0.6 is 0 Å². The van der Waals surface area contributed by atoms with Crippen LogP contribution in [0.4, 0.5) is 13.6 Å². The zero-order valence-electron chi connectivity index (χ0n) is 15.7. The molecule has 1 aromatic rings. The third kappa shape index (κ3) is 4.32. The first kappa shape index (κ1) is 19.8. The van der Waals surface area contributed by atoms with Gasteiger partial charge >= 0.3 is 12.7 Å². The summed E-state index contributed by atoms with van der Waals surface area (Å²) in [6, 6.07) is 5.39. The second-order valence-electron chi connectivity index (χ2n) is 8.05. The van der Waals surface area contributed by atoms with E-state index in [1.165, 1.54) is 6.07 Å². The van der Waals surface area contributed by atoms with Crippen molar-refractivity contribution in [2.45, 2.75) is 63.5 Å². The minimum atomic E-state index is -2.99. The first-order valence-corrected chi connectivity index (χ1v) is 8.95. The smallest absolute Gasteiger partial charge is 0.410 e. The molecule has 6 nitrogen and oxygen atoms in total. The quantitative estimate of drug-likeness (QED) is 0.865. The van der Waals surface area contributed by atoms with Gasteiger partial charge < -0.3 is 19.3 Å². The summed E-state index contributed by atoms with van der Waals surface area (Å²) in [4.78, 5) is 14.2. The molecule has 2 aliphatic rings. The Labute approximate surface area is 157 Å². The highest BCUT2D eigenvalue weighted by Gasteiger charge is 2.50. The average molecular weight is 385 g/mol. The lowest BCUT2D eigenvalue weighted by molar-refractivity contribution is -0.142. The number of benzene rings is 1. The molecule has 0 aliphatic carbocycles. The summed E-state index contributed by atoms with van der Waals surface area (Å²) in [7, 11) is 0. The molecule has 2 aliphatic heterocycles. The van der Waals surface area contributed by atoms with E-state index in [0.717, 1.165) is 0 Å². The standard InChI is InChI=1S/C19H25F2NO5/c1-18(2,3)27-17(23)22-12-8-19(24,9-13(22)11-25-10-12)14-6-4-5-7-15(14)26-16(20)21/h4-7,12-13,16,24H,8-11H2,1-3H3. The fourth-order valence-corrected chi connectivity index (χ4v) is 3.86. The average Bonchev–Trinajstić information content (AvgIpc) is 2.52. The molecule has 3 rings (SSSR count). The summed E-state index contributed by atoms with van der Waals surface area (Å²) in [5.74, 6) is -0.0558. The molecule has 1 amide bonds. The van der Waals surface area contributed by atoms with Gasteiger partial charge in [-0.25, -0.2) is 4.79 Å². The molecule has 2 bridgehead atoms. The van der Waals surface area contributed by atoms with Crippen LogP contribution in [0.15, 0.2) is 24.3 Å². The second kappa shape index (κ2) is 7.24. The third-order valence-corrected chi connectivity index (χ3v) is 4.76. The molecule has 8 heteroatoms. The number of alkyl halides is 2. The largest absolute Gasteiger partial charge is 0.444 e. The molecule has 2 heterocycles. The number of carbonyl (C=O) groups is 1. The topological polar surface area (TPSA) is 68.2 Å². The van der Waals surface area contributed by atoms with E-state index in [0.29, 0.717) is 5.56 Å². The zero-order chi connectivity index (χ0) is 19.8. The van der Waals surface area contributed by atoms with Gasteiger partial charge in [0.1, 0.15) is 11.4 Å². The van der Waals surface area contributed by atoms with Crippen LogP contribution in [0.2, 0.25) is 0 Å². The molecule has 0 radical (unpaired) electrons. The molecular weight excluding hydrogens is 360 g/mol. The molecular formula is C19H25F2NO5. The molecule has 27 heavy (non-hydrogen) atoms. The van der Waals surface area contributed by atoms with Crippen molar-refractivity contribution in [3.63, 3.8) is 0 Å². The van der Waals surface area contributed by atoms with Crippen LogP contribution in [-0.4, -0.2) is 53.6 Å². The van der Waals surface area contributed by atoms with Crippen LogP contribution in [0, 0.1) is 0 Å². The highest BCUT2D eigenvalue weighted by molar-refractivity contribution is 5.69. The van der Waals surface area contributed by atoms with Gasteiger partial charge in [-0.1, -0.05) is 18.2 Å². The second-order valence-corrected chi connectivity index (χ2v) is 8.05. The Morgan fingerprint density at radius 2 is 1.85 bits per heavy atom. The van der Waals surface area contributed by atoms with Crippen molar-refractivity contribution in [2.75, 3.05) is 13.2 Å². The zero-order valence-corrected chi connectivity index (χ0v) is 15.7. The van der Waals surface area contributed by atoms with Gasteiger partial charge in [0.25, 0.3) is 0 Å². The molecule has 0 spiro atoms. The molecule has 2 saturated heterocycles. The summed E-state index contributed by atoms with van der Waals surface area (Å²) >= 11 is 0. The number of amides is 1. The number of hydrogen-bond donors (Lipinski definition) is 1. The molecule has 150 valence electrons. The summed E-state index contributed by atoms with van der Waals surface area (Å²) in [5, 5.41) is 11.3. The lowest BCUT2D eigenvalue weighted by Crippen LogP contribution is -2.63. The van der Waals surface area contributed by atoms with E-state index in [4.69, 9.17) is 9.47 Å². The van der Waals surface area contributed by atoms with Crippen molar-refractivity contribution in [1.29, 1.82) is 0 Å². The number of halogens is 2. The normalized spacial score (nSPS) is 28.2. The van der Waals surface area contributed by atoms with Gasteiger partial charge in [-0.2, -0.15) is 8.78 Å². The van der Waals surface area contributed by atoms with Gasteiger partial charge in [0.15, 0.2) is 0 Å². The fraction of sp³-hybridized carbons (Fsp3) is 0.632. The number of hydrogen-bond acceptors (Lipinski definition) is 5. The van der Waals surface area contributed by atoms with E-state index in [2.05, 4.69) is 4.74 Å². The van der Waals surface area contributed by atoms with Crippen LogP contribution in [0.3, 0.4) is 0 Å². The van der Waals surface area contributed by atoms with Gasteiger partial charge in [0.05, 0.1) is 30.9 Å². The first-order valence-electron chi connectivity index (χ1n) is 8.95. The SMILES string of the molecule is CC(C)(C)OC(=O)N1C2COCC1CC(O)(c1ccccc1OC(F)F)C2. The molecule has 2 atom stereocenters. The van der Waals surface area contributed by atoms with E-state index in [1.807, 2.05) is 0 Å². The maximum atomic E-state index is 12.8. The number of piperidine rings is 1. The number of ether oxygens (including phenoxy) is 3. The third-order valence-electron chi connectivity index (χ3n) is 4.76. The Kier molecular flexibility index (Phi) is 5.31. The maximum absolute atomic E-state index is 12.8. The summed E-state index contributed by atoms with van der Waals surface area (Å²) in [5.41, 5.74) is -1.74. The van der Waals surface area contributed by atoms with E-state index in [9.17, 15) is 18.7 Å². The van der Waals surface area contributed by atoms with Crippen molar-refractivity contribution in [2.24, 2.45) is 0 Å². The Morgan fingerprint density at radius 1 is 1.26 bits per heavy atom. The Morgan fingerprint density at radius 3 is 2.41 bits per heavy atom. The van der Waals surface area contributed by atoms with Crippen molar-refractivity contribution < 1.29 is 32.9 Å². The summed E-state index contributed by atoms with van der Waals surface area (Å²) in [6.45, 7) is 2.87. The van der Waals surface area contributed by atoms with Gasteiger partial charge in [-0.05, 0) is 26.8 Å². The summed E-state index contributed by atoms with van der Waals surface area (Å²) in [6.07, 6.45) is -0.168. The van der Waals surface area contributed by atoms with Crippen LogP contribution in [0.5, 0.6) is 5.75 Å². The van der Waals surface area contributed by atoms with Crippen LogP contribution in [0.25, 0.3) is 0 Å².